The van der Waals surface area contributed by atoms with E-state index in [-0.39, 0.29) is 0 Å². The van der Waals surface area contributed by atoms with Gasteiger partial charge in [0.15, 0.2) is 0 Å². The van der Waals surface area contributed by atoms with Crippen molar-refractivity contribution >= 4 is 0 Å². The van der Waals surface area contributed by atoms with E-state index in [4.69, 9.17) is 4.74 Å². The number of benzene rings is 1. The van der Waals surface area contributed by atoms with Crippen molar-refractivity contribution < 1.29 is 4.74 Å². The van der Waals surface area contributed by atoms with Crippen molar-refractivity contribution in [2.45, 2.75) is 32.7 Å². The van der Waals surface area contributed by atoms with E-state index in [0.29, 0.717) is 12.6 Å². The van der Waals surface area contributed by atoms with Crippen LogP contribution in [0.15, 0.2) is 48.8 Å². The Morgan fingerprint density at radius 2 is 2.10 bits per heavy atom. The van der Waals surface area contributed by atoms with E-state index in [1.807, 2.05) is 31.5 Å². The Balaban J connectivity index is 2.05. The fourth-order valence-electron chi connectivity index (χ4n) is 2.48. The second-order valence-electron chi connectivity index (χ2n) is 5.02. The molecule has 3 nitrogen and oxygen atoms in total. The highest BCUT2D eigenvalue weighted by molar-refractivity contribution is 5.30. The summed E-state index contributed by atoms with van der Waals surface area (Å²) in [5, 5.41) is 3.56. The van der Waals surface area contributed by atoms with E-state index < -0.39 is 0 Å². The smallest absolute Gasteiger partial charge is 0.119 e. The third-order valence-corrected chi connectivity index (χ3v) is 3.47. The highest BCUT2D eigenvalue weighted by Gasteiger charge is 2.11. The zero-order chi connectivity index (χ0) is 14.9. The van der Waals surface area contributed by atoms with Crippen LogP contribution in [0.3, 0.4) is 0 Å². The third-order valence-electron chi connectivity index (χ3n) is 3.47. The molecule has 2 aromatic rings. The minimum absolute atomic E-state index is 0.343. The monoisotopic (exact) mass is 284 g/mol. The quantitative estimate of drug-likeness (QED) is 0.801. The lowest BCUT2D eigenvalue weighted by Crippen LogP contribution is -2.21. The van der Waals surface area contributed by atoms with Crippen LogP contribution in [0.1, 0.15) is 37.4 Å². The largest absolute Gasteiger partial charge is 0.494 e. The Morgan fingerprint density at radius 3 is 2.81 bits per heavy atom. The number of nitrogens with one attached hydrogen (secondary N) is 1. The van der Waals surface area contributed by atoms with Crippen molar-refractivity contribution in [1.82, 2.24) is 10.3 Å². The van der Waals surface area contributed by atoms with Gasteiger partial charge in [0.25, 0.3) is 0 Å². The van der Waals surface area contributed by atoms with Crippen LogP contribution in [0.4, 0.5) is 0 Å². The number of rotatable bonds is 8. The van der Waals surface area contributed by atoms with Gasteiger partial charge in [-0.25, -0.2) is 0 Å². The molecule has 1 aromatic heterocycles. The molecule has 21 heavy (non-hydrogen) atoms. The van der Waals surface area contributed by atoms with E-state index in [9.17, 15) is 0 Å². The van der Waals surface area contributed by atoms with Crippen LogP contribution < -0.4 is 10.1 Å². The molecule has 0 aliphatic rings. The average Bonchev–Trinajstić information content (AvgIpc) is 2.53. The minimum Gasteiger partial charge on any atom is -0.494 e. The van der Waals surface area contributed by atoms with Crippen molar-refractivity contribution in [3.63, 3.8) is 0 Å². The van der Waals surface area contributed by atoms with Crippen LogP contribution in [0.5, 0.6) is 5.75 Å². The number of pyridine rings is 1. The fourth-order valence-corrected chi connectivity index (χ4v) is 2.48. The molecule has 0 fully saturated rings. The maximum Gasteiger partial charge on any atom is 0.119 e. The first-order valence-electron chi connectivity index (χ1n) is 7.68. The lowest BCUT2D eigenvalue weighted by molar-refractivity contribution is 0.339. The summed E-state index contributed by atoms with van der Waals surface area (Å²) in [7, 11) is 0. The molecule has 0 amide bonds. The van der Waals surface area contributed by atoms with Crippen molar-refractivity contribution in [3.8, 4) is 5.75 Å². The molecule has 0 radical (unpaired) electrons. The molecule has 1 unspecified atom stereocenters. The number of hydrogen-bond donors (Lipinski definition) is 1. The molecule has 0 bridgehead atoms. The maximum atomic E-state index is 5.60. The van der Waals surface area contributed by atoms with Crippen molar-refractivity contribution in [2.24, 2.45) is 0 Å². The summed E-state index contributed by atoms with van der Waals surface area (Å²) in [6.07, 6.45) is 5.83. The summed E-state index contributed by atoms with van der Waals surface area (Å²) in [5.41, 5.74) is 2.56. The zero-order valence-electron chi connectivity index (χ0n) is 12.9. The number of hydrogen-bond acceptors (Lipinski definition) is 3. The van der Waals surface area contributed by atoms with Gasteiger partial charge < -0.3 is 10.1 Å². The minimum atomic E-state index is 0.343. The van der Waals surface area contributed by atoms with E-state index in [1.54, 1.807) is 0 Å². The summed E-state index contributed by atoms with van der Waals surface area (Å²) in [5.74, 6) is 0.944. The standard InChI is InChI=1S/C18H24N2O/c1-3-20-18(11-10-15-7-6-12-19-14-15)16-8-5-9-17(13-16)21-4-2/h5-9,12-14,18,20H,3-4,10-11H2,1-2H3. The van der Waals surface area contributed by atoms with Crippen LogP contribution in [-0.4, -0.2) is 18.1 Å². The summed E-state index contributed by atoms with van der Waals surface area (Å²) >= 11 is 0. The van der Waals surface area contributed by atoms with E-state index in [0.717, 1.165) is 25.1 Å². The topological polar surface area (TPSA) is 34.2 Å². The van der Waals surface area contributed by atoms with Gasteiger partial charge in [0.2, 0.25) is 0 Å². The number of aromatic nitrogens is 1. The van der Waals surface area contributed by atoms with Gasteiger partial charge in [-0.2, -0.15) is 0 Å². The highest BCUT2D eigenvalue weighted by atomic mass is 16.5. The van der Waals surface area contributed by atoms with Crippen LogP contribution in [0, 0.1) is 0 Å². The molecule has 0 aliphatic carbocycles. The molecule has 0 spiro atoms. The molecule has 2 rings (SSSR count). The molecule has 1 heterocycles. The van der Waals surface area contributed by atoms with E-state index in [1.165, 1.54) is 11.1 Å². The molecule has 1 N–H and O–H groups in total. The Hall–Kier alpha value is -1.87. The van der Waals surface area contributed by atoms with Gasteiger partial charge in [-0.3, -0.25) is 4.98 Å². The average molecular weight is 284 g/mol. The molecule has 3 heteroatoms. The number of nitrogens with zero attached hydrogens (tertiary/aromatic N) is 1. The molecule has 1 atom stereocenters. The van der Waals surface area contributed by atoms with E-state index >= 15 is 0 Å². The molecule has 112 valence electrons. The summed E-state index contributed by atoms with van der Waals surface area (Å²) in [6, 6.07) is 12.8. The van der Waals surface area contributed by atoms with Crippen molar-refractivity contribution in [3.05, 3.63) is 59.9 Å². The Bertz CT molecular complexity index is 528. The SMILES string of the molecule is CCNC(CCc1cccnc1)c1cccc(OCC)c1. The predicted molar refractivity (Wildman–Crippen MR) is 86.6 cm³/mol. The first kappa shape index (κ1) is 15.5. The molecule has 0 saturated carbocycles. The van der Waals surface area contributed by atoms with Gasteiger partial charge in [0, 0.05) is 18.4 Å². The maximum absolute atomic E-state index is 5.60. The molecular weight excluding hydrogens is 260 g/mol. The zero-order valence-corrected chi connectivity index (χ0v) is 12.9. The van der Waals surface area contributed by atoms with Crippen molar-refractivity contribution in [2.75, 3.05) is 13.2 Å². The Morgan fingerprint density at radius 1 is 1.19 bits per heavy atom. The molecule has 0 saturated heterocycles. The van der Waals surface area contributed by atoms with Gasteiger partial charge in [0.1, 0.15) is 5.75 Å². The van der Waals surface area contributed by atoms with Crippen LogP contribution in [0.25, 0.3) is 0 Å². The third kappa shape index (κ3) is 4.87. The lowest BCUT2D eigenvalue weighted by Gasteiger charge is -2.19. The molecule has 0 aliphatic heterocycles. The first-order valence-corrected chi connectivity index (χ1v) is 7.68. The number of ether oxygens (including phenoxy) is 1. The fraction of sp³-hybridized carbons (Fsp3) is 0.389. The van der Waals surface area contributed by atoms with Gasteiger partial charge >= 0.3 is 0 Å². The summed E-state index contributed by atoms with van der Waals surface area (Å²) < 4.78 is 5.60. The number of aryl methyl sites for hydroxylation is 1. The second kappa shape index (κ2) is 8.42. The van der Waals surface area contributed by atoms with Crippen molar-refractivity contribution in [1.29, 1.82) is 0 Å². The van der Waals surface area contributed by atoms with E-state index in [2.05, 4.69) is 41.5 Å². The van der Waals surface area contributed by atoms with Crippen LogP contribution >= 0.6 is 0 Å². The molecule has 1 aromatic carbocycles. The first-order chi connectivity index (χ1) is 10.3. The van der Waals surface area contributed by atoms with Gasteiger partial charge in [-0.1, -0.05) is 25.1 Å². The van der Waals surface area contributed by atoms with Gasteiger partial charge in [-0.05, 0) is 55.6 Å². The Labute approximate surface area is 127 Å². The normalized spacial score (nSPS) is 12.1. The Kier molecular flexibility index (Phi) is 6.22. The van der Waals surface area contributed by atoms with Crippen LogP contribution in [0.2, 0.25) is 0 Å². The molecular formula is C18H24N2O. The highest BCUT2D eigenvalue weighted by Crippen LogP contribution is 2.23. The predicted octanol–water partition coefficient (Wildman–Crippen LogP) is 3.76. The summed E-state index contributed by atoms with van der Waals surface area (Å²) in [6.45, 7) is 5.81. The van der Waals surface area contributed by atoms with Crippen LogP contribution in [-0.2, 0) is 6.42 Å². The second-order valence-corrected chi connectivity index (χ2v) is 5.02. The lowest BCUT2D eigenvalue weighted by atomic mass is 9.99. The van der Waals surface area contributed by atoms with Gasteiger partial charge in [0.05, 0.1) is 6.61 Å². The van der Waals surface area contributed by atoms with Gasteiger partial charge in [-0.15, -0.1) is 0 Å². The summed E-state index contributed by atoms with van der Waals surface area (Å²) in [4.78, 5) is 4.18.